The zero-order chi connectivity index (χ0) is 16.8. The summed E-state index contributed by atoms with van der Waals surface area (Å²) in [7, 11) is 2.13. The largest absolute Gasteiger partial charge is 0.489 e. The molecule has 3 aromatic rings. The molecular formula is C22H25ClN2O. The Bertz CT molecular complexity index is 967. The first kappa shape index (κ1) is 17.4. The summed E-state index contributed by atoms with van der Waals surface area (Å²) in [4.78, 5) is 2.56. The molecule has 136 valence electrons. The Morgan fingerprint density at radius 3 is 2.58 bits per heavy atom. The molecule has 2 bridgehead atoms. The topological polar surface area (TPSA) is 17.4 Å². The molecule has 2 aromatic carbocycles. The zero-order valence-electron chi connectivity index (χ0n) is 15.1. The Balaban J connectivity index is 0.00000168. The third kappa shape index (κ3) is 2.89. The van der Waals surface area contributed by atoms with Gasteiger partial charge in [-0.05, 0) is 56.1 Å². The van der Waals surface area contributed by atoms with E-state index in [9.17, 15) is 0 Å². The summed E-state index contributed by atoms with van der Waals surface area (Å²) in [5.74, 6) is 1.76. The molecule has 3 fully saturated rings. The molecular weight excluding hydrogens is 344 g/mol. The molecule has 4 heterocycles. The molecule has 6 rings (SSSR count). The molecule has 0 spiro atoms. The molecule has 26 heavy (non-hydrogen) atoms. The van der Waals surface area contributed by atoms with Gasteiger partial charge in [0.25, 0.3) is 0 Å². The highest BCUT2D eigenvalue weighted by molar-refractivity contribution is 6.08. The highest BCUT2D eigenvalue weighted by Gasteiger charge is 2.28. The van der Waals surface area contributed by atoms with E-state index < -0.39 is 0 Å². The molecule has 0 atom stereocenters. The van der Waals surface area contributed by atoms with Gasteiger partial charge in [-0.1, -0.05) is 23.8 Å². The van der Waals surface area contributed by atoms with E-state index in [-0.39, 0.29) is 12.4 Å². The lowest BCUT2D eigenvalue weighted by atomic mass is 9.84. The first-order valence-electron chi connectivity index (χ1n) is 9.31. The van der Waals surface area contributed by atoms with Crippen molar-refractivity contribution < 1.29 is 4.74 Å². The average molecular weight is 369 g/mol. The normalized spacial score (nSPS) is 23.5. The summed E-state index contributed by atoms with van der Waals surface area (Å²) >= 11 is 0. The molecule has 0 radical (unpaired) electrons. The van der Waals surface area contributed by atoms with Crippen LogP contribution in [0.25, 0.3) is 21.8 Å². The third-order valence-electron chi connectivity index (χ3n) is 6.00. The molecule has 0 aliphatic carbocycles. The highest BCUT2D eigenvalue weighted by Crippen LogP contribution is 2.32. The summed E-state index contributed by atoms with van der Waals surface area (Å²) in [6.45, 7) is 4.38. The zero-order valence-corrected chi connectivity index (χ0v) is 16.0. The Kier molecular flexibility index (Phi) is 4.68. The van der Waals surface area contributed by atoms with Crippen molar-refractivity contribution in [1.82, 2.24) is 9.47 Å². The standard InChI is InChI=1S/C22H24N2O.ClH/c1-23-21-5-3-2-4-19(21)20-7-6-18(14-22(20)23)25-13-10-17-15-24-11-8-16(17)9-12-24;/h2-7,10,14,16H,8-9,11-13,15H2,1H3;1H/b17-10+;. The number of fused-ring (bicyclic) bond motifs is 6. The van der Waals surface area contributed by atoms with Gasteiger partial charge in [-0.15, -0.1) is 12.4 Å². The van der Waals surface area contributed by atoms with Gasteiger partial charge in [0.2, 0.25) is 0 Å². The van der Waals surface area contributed by atoms with Crippen LogP contribution < -0.4 is 4.74 Å². The van der Waals surface area contributed by atoms with E-state index in [1.54, 1.807) is 5.57 Å². The van der Waals surface area contributed by atoms with E-state index in [0.29, 0.717) is 6.61 Å². The number of para-hydroxylation sites is 1. The van der Waals surface area contributed by atoms with Crippen LogP contribution in [0.2, 0.25) is 0 Å². The van der Waals surface area contributed by atoms with E-state index in [0.717, 1.165) is 18.2 Å². The maximum atomic E-state index is 6.07. The minimum Gasteiger partial charge on any atom is -0.489 e. The molecule has 3 aliphatic heterocycles. The monoisotopic (exact) mass is 368 g/mol. The second kappa shape index (κ2) is 6.98. The Hall–Kier alpha value is -1.97. The second-order valence-electron chi connectivity index (χ2n) is 7.40. The molecule has 0 saturated carbocycles. The Morgan fingerprint density at radius 1 is 1.04 bits per heavy atom. The number of benzene rings is 2. The van der Waals surface area contributed by atoms with Crippen LogP contribution in [0.1, 0.15) is 12.8 Å². The van der Waals surface area contributed by atoms with Crippen LogP contribution in [0.15, 0.2) is 54.1 Å². The van der Waals surface area contributed by atoms with Crippen LogP contribution in [-0.2, 0) is 7.05 Å². The first-order valence-corrected chi connectivity index (χ1v) is 9.31. The van der Waals surface area contributed by atoms with Crippen molar-refractivity contribution in [3.05, 3.63) is 54.1 Å². The van der Waals surface area contributed by atoms with Crippen LogP contribution in [-0.4, -0.2) is 35.7 Å². The van der Waals surface area contributed by atoms with Crippen molar-refractivity contribution >= 4 is 34.2 Å². The average Bonchev–Trinajstić information content (AvgIpc) is 2.95. The molecule has 1 aromatic heterocycles. The highest BCUT2D eigenvalue weighted by atomic mass is 35.5. The van der Waals surface area contributed by atoms with Gasteiger partial charge >= 0.3 is 0 Å². The fourth-order valence-corrected chi connectivity index (χ4v) is 4.56. The fourth-order valence-electron chi connectivity index (χ4n) is 4.56. The summed E-state index contributed by atoms with van der Waals surface area (Å²) in [6, 6.07) is 15.0. The van der Waals surface area contributed by atoms with E-state index in [1.807, 2.05) is 0 Å². The minimum atomic E-state index is 0. The number of piperidine rings is 3. The molecule has 4 heteroatoms. The molecule has 0 unspecified atom stereocenters. The van der Waals surface area contributed by atoms with Gasteiger partial charge < -0.3 is 9.30 Å². The molecule has 3 aliphatic rings. The molecule has 3 saturated heterocycles. The fraction of sp³-hybridized carbons (Fsp3) is 0.364. The van der Waals surface area contributed by atoms with Crippen LogP contribution >= 0.6 is 12.4 Å². The summed E-state index contributed by atoms with van der Waals surface area (Å²) < 4.78 is 8.32. The van der Waals surface area contributed by atoms with Crippen molar-refractivity contribution in [2.24, 2.45) is 13.0 Å². The SMILES string of the molecule is Cl.Cn1c2ccccc2c2ccc(OC/C=C3\CN4CCC3CC4)cc21. The number of nitrogens with zero attached hydrogens (tertiary/aromatic N) is 2. The van der Waals surface area contributed by atoms with E-state index in [2.05, 4.69) is 65.1 Å². The molecule has 0 amide bonds. The lowest BCUT2D eigenvalue weighted by Crippen LogP contribution is -2.43. The predicted octanol–water partition coefficient (Wildman–Crippen LogP) is 4.78. The Morgan fingerprint density at radius 2 is 1.81 bits per heavy atom. The van der Waals surface area contributed by atoms with Crippen LogP contribution in [0.3, 0.4) is 0 Å². The summed E-state index contributed by atoms with van der Waals surface area (Å²) in [5, 5.41) is 2.60. The third-order valence-corrected chi connectivity index (χ3v) is 6.00. The van der Waals surface area contributed by atoms with Crippen molar-refractivity contribution in [1.29, 1.82) is 0 Å². The van der Waals surface area contributed by atoms with Gasteiger partial charge in [0.15, 0.2) is 0 Å². The van der Waals surface area contributed by atoms with Crippen molar-refractivity contribution in [3.8, 4) is 5.75 Å². The smallest absolute Gasteiger partial charge is 0.121 e. The number of aromatic nitrogens is 1. The van der Waals surface area contributed by atoms with E-state index in [4.69, 9.17) is 4.74 Å². The van der Waals surface area contributed by atoms with Gasteiger partial charge in [-0.3, -0.25) is 4.90 Å². The van der Waals surface area contributed by atoms with Crippen molar-refractivity contribution in [3.63, 3.8) is 0 Å². The quantitative estimate of drug-likeness (QED) is 0.619. The van der Waals surface area contributed by atoms with Crippen LogP contribution in [0.5, 0.6) is 5.75 Å². The van der Waals surface area contributed by atoms with Crippen LogP contribution in [0, 0.1) is 5.92 Å². The summed E-state index contributed by atoms with van der Waals surface area (Å²) in [5.41, 5.74) is 4.08. The van der Waals surface area contributed by atoms with Crippen molar-refractivity contribution in [2.45, 2.75) is 12.8 Å². The van der Waals surface area contributed by atoms with Gasteiger partial charge in [-0.2, -0.15) is 0 Å². The second-order valence-corrected chi connectivity index (χ2v) is 7.40. The van der Waals surface area contributed by atoms with E-state index >= 15 is 0 Å². The molecule has 3 nitrogen and oxygen atoms in total. The minimum absolute atomic E-state index is 0. The lowest BCUT2D eigenvalue weighted by Gasteiger charge is -2.41. The number of hydrogen-bond donors (Lipinski definition) is 0. The van der Waals surface area contributed by atoms with Crippen molar-refractivity contribution in [2.75, 3.05) is 26.2 Å². The number of halogens is 1. The maximum Gasteiger partial charge on any atom is 0.121 e. The van der Waals surface area contributed by atoms with Gasteiger partial charge in [0, 0.05) is 35.9 Å². The number of hydrogen-bond acceptors (Lipinski definition) is 2. The van der Waals surface area contributed by atoms with Crippen LogP contribution in [0.4, 0.5) is 0 Å². The summed E-state index contributed by atoms with van der Waals surface area (Å²) in [6.07, 6.45) is 4.98. The van der Waals surface area contributed by atoms with Gasteiger partial charge in [-0.25, -0.2) is 0 Å². The lowest BCUT2D eigenvalue weighted by molar-refractivity contribution is 0.160. The predicted molar refractivity (Wildman–Crippen MR) is 110 cm³/mol. The molecule has 0 N–H and O–H groups in total. The van der Waals surface area contributed by atoms with E-state index in [1.165, 1.54) is 47.7 Å². The first-order chi connectivity index (χ1) is 12.3. The number of ether oxygens (including phenoxy) is 1. The van der Waals surface area contributed by atoms with Gasteiger partial charge in [0.1, 0.15) is 12.4 Å². The number of rotatable bonds is 3. The Labute approximate surface area is 160 Å². The number of aryl methyl sites for hydroxylation is 1. The van der Waals surface area contributed by atoms with Gasteiger partial charge in [0.05, 0.1) is 5.52 Å². The maximum absolute atomic E-state index is 6.07.